The molecule has 1 unspecified atom stereocenters. The number of nitrogens with two attached hydrogens (primary N) is 1. The van der Waals surface area contributed by atoms with Gasteiger partial charge in [0.05, 0.1) is 17.4 Å². The molecule has 0 amide bonds. The average molecular weight is 452 g/mol. The van der Waals surface area contributed by atoms with Crippen LogP contribution in [0.25, 0.3) is 11.0 Å². The molecule has 5 rings (SSSR count). The lowest BCUT2D eigenvalue weighted by atomic mass is 9.89. The molecule has 3 aromatic carbocycles. The van der Waals surface area contributed by atoms with Crippen LogP contribution in [-0.2, 0) is 10.0 Å². The summed E-state index contributed by atoms with van der Waals surface area (Å²) in [6.45, 7) is 0.307. The molecular formula is C24H21NO6S. The fourth-order valence-electron chi connectivity index (χ4n) is 4.05. The van der Waals surface area contributed by atoms with Crippen molar-refractivity contribution in [3.63, 3.8) is 0 Å². The number of benzene rings is 3. The third-order valence-electron chi connectivity index (χ3n) is 5.53. The highest BCUT2D eigenvalue weighted by molar-refractivity contribution is 7.89. The summed E-state index contributed by atoms with van der Waals surface area (Å²) in [6.07, 6.45) is 0.121. The Morgan fingerprint density at radius 1 is 0.969 bits per heavy atom. The normalized spacial score (nSPS) is 17.1. The van der Waals surface area contributed by atoms with Gasteiger partial charge in [-0.15, -0.1) is 0 Å². The van der Waals surface area contributed by atoms with Crippen molar-refractivity contribution >= 4 is 21.0 Å². The maximum atomic E-state index is 11.7. The van der Waals surface area contributed by atoms with E-state index in [1.807, 2.05) is 36.4 Å². The minimum absolute atomic E-state index is 0.0416. The maximum absolute atomic E-state index is 11.7. The number of ether oxygens (including phenoxy) is 2. The maximum Gasteiger partial charge on any atom is 0.238 e. The summed E-state index contributed by atoms with van der Waals surface area (Å²) in [5.74, 6) is 1.25. The predicted octanol–water partition coefficient (Wildman–Crippen LogP) is 4.15. The summed E-state index contributed by atoms with van der Waals surface area (Å²) in [5.41, 5.74) is 1.59. The van der Waals surface area contributed by atoms with Gasteiger partial charge in [-0.3, -0.25) is 0 Å². The summed E-state index contributed by atoms with van der Waals surface area (Å²) in [5, 5.41) is 16.3. The summed E-state index contributed by atoms with van der Waals surface area (Å²) in [7, 11) is -3.86. The molecule has 1 aliphatic rings. The van der Waals surface area contributed by atoms with Crippen molar-refractivity contribution in [3.8, 4) is 17.2 Å². The van der Waals surface area contributed by atoms with Gasteiger partial charge >= 0.3 is 0 Å². The van der Waals surface area contributed by atoms with Crippen molar-refractivity contribution in [2.75, 3.05) is 6.61 Å². The van der Waals surface area contributed by atoms with Crippen LogP contribution in [0.2, 0.25) is 0 Å². The number of sulfonamides is 1. The van der Waals surface area contributed by atoms with Gasteiger partial charge in [-0.25, -0.2) is 13.6 Å². The number of primary sulfonamides is 1. The second-order valence-electron chi connectivity index (χ2n) is 7.71. The minimum atomic E-state index is -3.86. The summed E-state index contributed by atoms with van der Waals surface area (Å²) in [6, 6.07) is 21.0. The first-order valence-electron chi connectivity index (χ1n) is 10.1. The van der Waals surface area contributed by atoms with Gasteiger partial charge in [-0.2, -0.15) is 0 Å². The molecule has 164 valence electrons. The molecule has 32 heavy (non-hydrogen) atoms. The van der Waals surface area contributed by atoms with Crippen LogP contribution >= 0.6 is 0 Å². The first-order chi connectivity index (χ1) is 15.4. The number of furan rings is 1. The topological polar surface area (TPSA) is 112 Å². The van der Waals surface area contributed by atoms with E-state index in [0.717, 1.165) is 16.5 Å². The van der Waals surface area contributed by atoms with Crippen molar-refractivity contribution in [1.82, 2.24) is 0 Å². The molecule has 0 spiro atoms. The summed E-state index contributed by atoms with van der Waals surface area (Å²) >= 11 is 0. The Hall–Kier alpha value is -3.49. The van der Waals surface area contributed by atoms with E-state index in [1.165, 1.54) is 12.1 Å². The molecule has 2 atom stereocenters. The van der Waals surface area contributed by atoms with Crippen molar-refractivity contribution < 1.29 is 27.4 Å². The van der Waals surface area contributed by atoms with Crippen LogP contribution in [0.4, 0.5) is 0 Å². The number of phenolic OH excluding ortho intramolecular Hbond substituents is 1. The summed E-state index contributed by atoms with van der Waals surface area (Å²) in [4.78, 5) is -0.0416. The molecule has 0 saturated carbocycles. The lowest BCUT2D eigenvalue weighted by Gasteiger charge is -2.25. The number of para-hydroxylation sites is 1. The first kappa shape index (κ1) is 20.4. The van der Waals surface area contributed by atoms with Gasteiger partial charge in [0.25, 0.3) is 0 Å². The lowest BCUT2D eigenvalue weighted by molar-refractivity contribution is 0.165. The van der Waals surface area contributed by atoms with E-state index in [4.69, 9.17) is 19.0 Å². The first-order valence-corrected chi connectivity index (χ1v) is 11.7. The highest BCUT2D eigenvalue weighted by Gasteiger charge is 2.33. The Labute approximate surface area is 185 Å². The molecule has 0 saturated heterocycles. The van der Waals surface area contributed by atoms with Gasteiger partial charge in [0.2, 0.25) is 10.0 Å². The molecule has 1 aliphatic heterocycles. The predicted molar refractivity (Wildman–Crippen MR) is 119 cm³/mol. The highest BCUT2D eigenvalue weighted by atomic mass is 32.2. The minimum Gasteiger partial charge on any atom is -0.508 e. The Balaban J connectivity index is 1.58. The smallest absolute Gasteiger partial charge is 0.238 e. The van der Waals surface area contributed by atoms with Crippen LogP contribution in [0.1, 0.15) is 23.7 Å². The molecule has 0 aliphatic carbocycles. The van der Waals surface area contributed by atoms with E-state index in [0.29, 0.717) is 30.3 Å². The second-order valence-corrected chi connectivity index (χ2v) is 9.27. The number of aromatic hydroxyl groups is 1. The van der Waals surface area contributed by atoms with Crippen molar-refractivity contribution in [3.05, 3.63) is 84.1 Å². The quantitative estimate of drug-likeness (QED) is 0.482. The molecule has 8 heteroatoms. The van der Waals surface area contributed by atoms with E-state index in [2.05, 4.69) is 0 Å². The van der Waals surface area contributed by atoms with Gasteiger partial charge in [0.15, 0.2) is 11.5 Å². The van der Waals surface area contributed by atoms with Gasteiger partial charge in [-0.05, 0) is 42.0 Å². The van der Waals surface area contributed by atoms with Crippen molar-refractivity contribution in [2.45, 2.75) is 23.3 Å². The molecule has 2 heterocycles. The zero-order valence-electron chi connectivity index (χ0n) is 17.0. The van der Waals surface area contributed by atoms with E-state index in [1.54, 1.807) is 24.3 Å². The molecule has 0 bridgehead atoms. The van der Waals surface area contributed by atoms with Crippen LogP contribution in [0, 0.1) is 0 Å². The van der Waals surface area contributed by atoms with Crippen molar-refractivity contribution in [2.24, 2.45) is 5.14 Å². The number of phenols is 1. The van der Waals surface area contributed by atoms with Crippen LogP contribution in [0.15, 0.2) is 82.1 Å². The fraction of sp³-hybridized carbons (Fsp3) is 0.167. The number of hydrogen-bond donors (Lipinski definition) is 2. The highest BCUT2D eigenvalue weighted by Crippen LogP contribution is 2.40. The van der Waals surface area contributed by atoms with E-state index in [9.17, 15) is 13.5 Å². The van der Waals surface area contributed by atoms with Crippen LogP contribution in [0.5, 0.6) is 17.2 Å². The Morgan fingerprint density at radius 3 is 2.59 bits per heavy atom. The molecule has 1 aromatic heterocycles. The number of rotatable bonds is 4. The second kappa shape index (κ2) is 7.89. The lowest BCUT2D eigenvalue weighted by Crippen LogP contribution is -2.26. The van der Waals surface area contributed by atoms with Crippen LogP contribution in [-0.4, -0.2) is 26.2 Å². The van der Waals surface area contributed by atoms with Gasteiger partial charge < -0.3 is 19.0 Å². The average Bonchev–Trinajstić information content (AvgIpc) is 3.06. The fourth-order valence-corrected chi connectivity index (χ4v) is 4.58. The third-order valence-corrected chi connectivity index (χ3v) is 6.45. The number of fused-ring (bicyclic) bond motifs is 2. The van der Waals surface area contributed by atoms with Crippen LogP contribution < -0.4 is 14.6 Å². The SMILES string of the molecule is NS(=O)(=O)c1ccc2c(c1)OCCC([C@@H](c1cccc(O)c1)c1cc3ccccc3o1)O2. The molecule has 3 N–H and O–H groups in total. The monoisotopic (exact) mass is 451 g/mol. The molecule has 4 aromatic rings. The third kappa shape index (κ3) is 3.90. The largest absolute Gasteiger partial charge is 0.508 e. The molecule has 0 radical (unpaired) electrons. The van der Waals surface area contributed by atoms with Gasteiger partial charge in [0.1, 0.15) is 23.2 Å². The molecular weight excluding hydrogens is 430 g/mol. The Bertz CT molecular complexity index is 1360. The standard InChI is InChI=1S/C24H21NO6S/c25-32(27,28)18-8-9-20-22(14-18)29-11-10-21(31-20)24(16-5-3-6-17(26)12-16)23-13-15-4-1-2-7-19(15)30-23/h1-9,12-14,21,24,26H,10-11H2,(H2,25,27,28)/t21?,24-/m1/s1. The van der Waals surface area contributed by atoms with Gasteiger partial charge in [0, 0.05) is 17.9 Å². The zero-order chi connectivity index (χ0) is 22.3. The van der Waals surface area contributed by atoms with Gasteiger partial charge in [-0.1, -0.05) is 30.3 Å². The van der Waals surface area contributed by atoms with Crippen LogP contribution in [0.3, 0.4) is 0 Å². The zero-order valence-corrected chi connectivity index (χ0v) is 17.8. The van der Waals surface area contributed by atoms with E-state index < -0.39 is 10.0 Å². The Morgan fingerprint density at radius 2 is 1.81 bits per heavy atom. The van der Waals surface area contributed by atoms with E-state index in [-0.39, 0.29) is 22.7 Å². The molecule has 0 fully saturated rings. The molecule has 7 nitrogen and oxygen atoms in total. The van der Waals surface area contributed by atoms with Crippen molar-refractivity contribution in [1.29, 1.82) is 0 Å². The summed E-state index contributed by atoms with van der Waals surface area (Å²) < 4.78 is 41.7. The number of hydrogen-bond acceptors (Lipinski definition) is 6. The van der Waals surface area contributed by atoms with E-state index >= 15 is 0 Å². The Kier molecular flexibility index (Phi) is 5.03.